The molecule has 0 aromatic carbocycles. The van der Waals surface area contributed by atoms with E-state index in [0.29, 0.717) is 0 Å². The van der Waals surface area contributed by atoms with E-state index >= 15 is 0 Å². The second kappa shape index (κ2) is 45.9. The maximum Gasteiger partial charge on any atom is 0.306 e. The highest BCUT2D eigenvalue weighted by Crippen LogP contribution is 2.41. The minimum atomic E-state index is -2.33. The van der Waals surface area contributed by atoms with E-state index in [1.807, 2.05) is 0 Å². The lowest BCUT2D eigenvalue weighted by Crippen LogP contribution is -2.70. The smallest absolute Gasteiger partial charge is 0.306 e. The van der Waals surface area contributed by atoms with Crippen LogP contribution in [0.1, 0.15) is 20.3 Å². The Hall–Kier alpha value is -3.17. The van der Waals surface area contributed by atoms with Crippen LogP contribution in [0.15, 0.2) is 23.3 Å². The second-order valence-corrected chi connectivity index (χ2v) is 33.4. The molecule has 36 N–H and O–H groups in total. The lowest BCUT2D eigenvalue weighted by Gasteiger charge is -2.50. The minimum Gasteiger partial charge on any atom is -0.463 e. The maximum atomic E-state index is 13.0. The van der Waals surface area contributed by atoms with Crippen molar-refractivity contribution < 1.29 is 264 Å². The topological polar surface area (TPSA) is 895 Å². The first-order chi connectivity index (χ1) is 60.7. The lowest BCUT2D eigenvalue weighted by atomic mass is 9.86. The highest BCUT2D eigenvalue weighted by molar-refractivity contribution is 5.69. The molecule has 53 atom stereocenters. The molecule has 742 valence electrons. The third kappa shape index (κ3) is 22.3. The van der Waals surface area contributed by atoms with E-state index in [1.54, 1.807) is 13.8 Å². The van der Waals surface area contributed by atoms with E-state index in [9.17, 15) is 178 Å². The van der Waals surface area contributed by atoms with Crippen molar-refractivity contribution in [3.05, 3.63) is 23.3 Å². The number of carbonyl (C=O) groups is 1. The highest BCUT2D eigenvalue weighted by atomic mass is 16.8. The number of aliphatic hydroxyl groups is 34. The quantitative estimate of drug-likeness (QED) is 0.0210. The Morgan fingerprint density at radius 1 is 0.281 bits per heavy atom. The largest absolute Gasteiger partial charge is 0.463 e. The van der Waals surface area contributed by atoms with Crippen LogP contribution in [-0.4, -0.2) is 577 Å². The van der Waals surface area contributed by atoms with Gasteiger partial charge in [-0.2, -0.15) is 0 Å². The van der Waals surface area contributed by atoms with Crippen molar-refractivity contribution in [1.29, 1.82) is 0 Å². The maximum absolute atomic E-state index is 13.0. The summed E-state index contributed by atoms with van der Waals surface area (Å²) in [6.07, 6.45) is -95.8. The van der Waals surface area contributed by atoms with Crippen molar-refractivity contribution in [2.24, 2.45) is 5.92 Å². The summed E-state index contributed by atoms with van der Waals surface area (Å²) in [5, 5.41) is 378. The second-order valence-electron chi connectivity index (χ2n) is 33.4. The number of esters is 1. The molecule has 0 radical (unpaired) electrons. The summed E-state index contributed by atoms with van der Waals surface area (Å²) in [7, 11) is 0. The summed E-state index contributed by atoms with van der Waals surface area (Å²) >= 11 is 0. The number of aliphatic hydroxyl groups excluding tert-OH is 34. The molecule has 0 spiro atoms. The fourth-order valence-electron chi connectivity index (χ4n) is 17.1. The van der Waals surface area contributed by atoms with Gasteiger partial charge in [-0.15, -0.1) is 0 Å². The van der Waals surface area contributed by atoms with Gasteiger partial charge in [-0.3, -0.25) is 4.79 Å². The average molecular weight is 1880 g/mol. The Bertz CT molecular complexity index is 3450. The average Bonchev–Trinajstić information content (AvgIpc) is 0.771. The molecular weight excluding hydrogens is 1750 g/mol. The lowest BCUT2D eigenvalue weighted by molar-refractivity contribution is -0.392. The number of hydrogen-bond acceptors (Lipinski definition) is 55. The van der Waals surface area contributed by atoms with Crippen molar-refractivity contribution in [2.45, 2.75) is 345 Å². The molecule has 0 saturated carbocycles. The molecule has 1 unspecified atom stereocenters. The molecule has 9 saturated heterocycles. The predicted molar refractivity (Wildman–Crippen MR) is 396 cm³/mol. The third-order valence-electron chi connectivity index (χ3n) is 24.4. The molecule has 0 aromatic rings. The van der Waals surface area contributed by atoms with Crippen LogP contribution in [0.4, 0.5) is 0 Å². The van der Waals surface area contributed by atoms with Crippen LogP contribution >= 0.6 is 0 Å². The molecule has 9 fully saturated rings. The van der Waals surface area contributed by atoms with Gasteiger partial charge in [-0.1, -0.05) is 26.0 Å². The fourth-order valence-corrected chi connectivity index (χ4v) is 17.1. The van der Waals surface area contributed by atoms with Crippen molar-refractivity contribution in [2.75, 3.05) is 72.7 Å². The number of rotatable bonds is 34. The SMILES string of the molecule is CC(C)CC(=O)OC[C@H]1O[C@H](O[C@H]2[C@H](O)[C@@H](O)[C@@H](O[C@H]3[C@H](O)[C@@H](O)[C@@H](O[C@H]4[C@H](O)[C@@H](O)C(O)O[C@@H]4CO)O[C@@H]3CO)O[C@@H]2CO)[C@H](O)[C@@H](O)[C@@H]1O[C@H]1O[C@H](CO)[C@@H](N[C@H]2C=C(CO)[C@@H](O[C@H]3O[C@H](CO)[C@@H](O[C@H]4O[C@H](CO)[C@@H](N[C@H]5C=C(CO)[C@@H](O[C@H]6O[C@H](CO)[C@@H](O[C@H]7O[C@H](CO)[C@@H](O)[C@H](O)[C@H]7O)[C@H](O)[C@H]6O)[C@H](O)[C@H]5O)[C@H](O)[C@H]4O)[C@H](O)[C@H]3O)[C@H](O)[C@H]2O)[C@H](O)[C@H]1O. The minimum absolute atomic E-state index is 0.194. The Kier molecular flexibility index (Phi) is 37.7. The molecule has 11 aliphatic rings. The summed E-state index contributed by atoms with van der Waals surface area (Å²) in [6.45, 7) is -7.70. The van der Waals surface area contributed by atoms with Gasteiger partial charge in [0.1, 0.15) is 251 Å². The normalized spacial score (nSPS) is 50.6. The van der Waals surface area contributed by atoms with Gasteiger partial charge in [-0.05, 0) is 17.1 Å². The Labute approximate surface area is 725 Å². The van der Waals surface area contributed by atoms with E-state index in [1.165, 1.54) is 0 Å². The van der Waals surface area contributed by atoms with Crippen molar-refractivity contribution >= 4 is 5.97 Å². The first kappa shape index (κ1) is 105. The van der Waals surface area contributed by atoms with Crippen LogP contribution in [0.3, 0.4) is 0 Å². The molecule has 9 heterocycles. The molecule has 2 aliphatic carbocycles. The zero-order valence-corrected chi connectivity index (χ0v) is 68.3. The van der Waals surface area contributed by atoms with Gasteiger partial charge in [0, 0.05) is 6.42 Å². The third-order valence-corrected chi connectivity index (χ3v) is 24.4. The van der Waals surface area contributed by atoms with Crippen LogP contribution in [0, 0.1) is 5.92 Å². The van der Waals surface area contributed by atoms with E-state index in [0.717, 1.165) is 12.2 Å². The van der Waals surface area contributed by atoms with Crippen molar-refractivity contribution in [3.8, 4) is 0 Å². The molecule has 11 rings (SSSR count). The van der Waals surface area contributed by atoms with Crippen molar-refractivity contribution in [3.63, 3.8) is 0 Å². The van der Waals surface area contributed by atoms with E-state index in [-0.39, 0.29) is 23.5 Å². The predicted octanol–water partition coefficient (Wildman–Crippen LogP) is -23.1. The summed E-state index contributed by atoms with van der Waals surface area (Å²) in [5.41, 5.74) is -0.586. The summed E-state index contributed by atoms with van der Waals surface area (Å²) in [4.78, 5) is 13.0. The molecular formula is C73H122N2O53. The zero-order valence-electron chi connectivity index (χ0n) is 68.3. The van der Waals surface area contributed by atoms with Crippen molar-refractivity contribution in [1.82, 2.24) is 10.6 Å². The molecule has 0 aromatic heterocycles. The number of hydrogen-bond donors (Lipinski definition) is 36. The number of ether oxygens (including phenoxy) is 18. The monoisotopic (exact) mass is 1870 g/mol. The molecule has 128 heavy (non-hydrogen) atoms. The van der Waals surface area contributed by atoms with Crippen LogP contribution in [0.5, 0.6) is 0 Å². The first-order valence-corrected chi connectivity index (χ1v) is 41.3. The van der Waals surface area contributed by atoms with Gasteiger partial charge >= 0.3 is 5.97 Å². The first-order valence-electron chi connectivity index (χ1n) is 41.3. The van der Waals surface area contributed by atoms with Gasteiger partial charge in [0.05, 0.1) is 90.2 Å². The van der Waals surface area contributed by atoms with E-state index in [2.05, 4.69) is 10.6 Å². The number of nitrogens with one attached hydrogen (secondary N) is 2. The molecule has 55 nitrogen and oxygen atoms in total. The molecule has 9 aliphatic heterocycles. The summed E-state index contributed by atoms with van der Waals surface area (Å²) in [6, 6.07) is -6.51. The molecule has 0 bridgehead atoms. The van der Waals surface area contributed by atoms with Crippen LogP contribution in [0.25, 0.3) is 0 Å². The van der Waals surface area contributed by atoms with Crippen LogP contribution < -0.4 is 10.6 Å². The van der Waals surface area contributed by atoms with Gasteiger partial charge in [0.25, 0.3) is 0 Å². The zero-order chi connectivity index (χ0) is 94.0. The van der Waals surface area contributed by atoms with Gasteiger partial charge in [0.2, 0.25) is 0 Å². The van der Waals surface area contributed by atoms with Crippen LogP contribution in [0.2, 0.25) is 0 Å². The standard InChI is InChI=1S/C73H122N2O53/c1-17(2)3-31(86)111-16-30-64(47(100)56(109)73(120-30)127-63-29(15-85)119-72(55(108)46(63)99)126-62-28(14-84)118-71(54(107)45(62)98)123-59-25(11-81)112-65(110)48(101)42(59)95)128-67-50(103)38(91)33(23(9-79)114-67)75-21-5-19(7-77)57(41(94)35(21)88)121-69-52(105)43(96)60(26(12-82)116-69)124-66-49(102)37(90)32(22(8-78)113-66)74-20-4-18(6-76)58(40(93)34(20)87)122-70-53(106)44(97)61(27(13-83)117-70)125-68-51(104)39(92)36(89)24(10-80)115-68/h4-5,17,20-30,32-85,87-110H,3,6-16H2,1-2H3/t20-,21-,22+,23+,24+,25+,26+,27+,28+,29+,30+,32+,33+,34-,35-,36+,37-,38-,39-,40+,41+,42+,43+,44+,45+,46+,47+,48+,49+,50+,51+,52+,53+,54+,55+,56+,57+,58+,59+,60+,61+,62+,63+,64+,65?,66+,67+,68+,69+,70+,71+,72+,73+/m0/s1. The Morgan fingerprint density at radius 3 is 0.828 bits per heavy atom. The number of carbonyl (C=O) groups excluding carboxylic acids is 1. The highest BCUT2D eigenvalue weighted by Gasteiger charge is 2.61. The van der Waals surface area contributed by atoms with Gasteiger partial charge in [0.15, 0.2) is 56.6 Å². The van der Waals surface area contributed by atoms with Gasteiger partial charge in [-0.25, -0.2) is 0 Å². The van der Waals surface area contributed by atoms with Crippen LogP contribution in [-0.2, 0) is 90.1 Å². The summed E-state index contributed by atoms with van der Waals surface area (Å²) < 4.78 is 102. The van der Waals surface area contributed by atoms with Gasteiger partial charge < -0.3 is 270 Å². The van der Waals surface area contributed by atoms with E-state index < -0.39 is 404 Å². The molecule has 0 amide bonds. The Morgan fingerprint density at radius 2 is 0.531 bits per heavy atom. The molecule has 55 heteroatoms. The summed E-state index contributed by atoms with van der Waals surface area (Å²) in [5.74, 6) is -1.14. The van der Waals surface area contributed by atoms with E-state index in [4.69, 9.17) is 85.3 Å². The fraction of sp³-hybridized carbons (Fsp3) is 0.932. The Balaban J connectivity index is 0.690.